The summed E-state index contributed by atoms with van der Waals surface area (Å²) in [5, 5.41) is 0. The Morgan fingerprint density at radius 3 is 2.20 bits per heavy atom. The highest BCUT2D eigenvalue weighted by Gasteiger charge is 2.45. The molecule has 1 fully saturated rings. The number of ether oxygens (including phenoxy) is 3. The van der Waals surface area contributed by atoms with Gasteiger partial charge in [0.1, 0.15) is 11.6 Å². The van der Waals surface area contributed by atoms with E-state index in [1.165, 1.54) is 14.0 Å². The lowest BCUT2D eigenvalue weighted by molar-refractivity contribution is -0.159. The first-order valence-electron chi connectivity index (χ1n) is 6.42. The predicted molar refractivity (Wildman–Crippen MR) is 68.7 cm³/mol. The Kier molecular flexibility index (Phi) is 4.97. The van der Waals surface area contributed by atoms with Crippen LogP contribution in [0.2, 0.25) is 0 Å². The van der Waals surface area contributed by atoms with Gasteiger partial charge < -0.3 is 14.2 Å². The van der Waals surface area contributed by atoms with Gasteiger partial charge in [0.25, 0.3) is 0 Å². The number of nitrogens with zero attached hydrogens (tertiary/aromatic N) is 1. The quantitative estimate of drug-likeness (QED) is 0.564. The summed E-state index contributed by atoms with van der Waals surface area (Å²) in [4.78, 5) is 36.1. The van der Waals surface area contributed by atoms with Gasteiger partial charge in [-0.25, -0.2) is 9.59 Å². The second-order valence-corrected chi connectivity index (χ2v) is 5.57. The number of carbonyl (C=O) groups is 3. The van der Waals surface area contributed by atoms with Crippen LogP contribution in [0.4, 0.5) is 4.79 Å². The van der Waals surface area contributed by atoms with Crippen LogP contribution in [-0.2, 0) is 23.8 Å². The molecule has 1 saturated heterocycles. The third-order valence-electron chi connectivity index (χ3n) is 2.71. The number of esters is 2. The monoisotopic (exact) mass is 287 g/mol. The lowest BCUT2D eigenvalue weighted by Crippen LogP contribution is -2.48. The summed E-state index contributed by atoms with van der Waals surface area (Å²) in [7, 11) is 1.24. The van der Waals surface area contributed by atoms with Crippen molar-refractivity contribution in [3.8, 4) is 0 Å². The van der Waals surface area contributed by atoms with Crippen molar-refractivity contribution in [1.82, 2.24) is 4.90 Å². The summed E-state index contributed by atoms with van der Waals surface area (Å²) in [5.41, 5.74) is -0.707. The molecule has 1 rings (SSSR count). The first-order valence-corrected chi connectivity index (χ1v) is 6.42. The molecule has 0 aromatic rings. The van der Waals surface area contributed by atoms with Crippen LogP contribution in [0.25, 0.3) is 0 Å². The van der Waals surface area contributed by atoms with Gasteiger partial charge in [0.15, 0.2) is 6.23 Å². The van der Waals surface area contributed by atoms with Crippen molar-refractivity contribution in [2.75, 3.05) is 7.11 Å². The second-order valence-electron chi connectivity index (χ2n) is 5.57. The average Bonchev–Trinajstić information content (AvgIpc) is 2.68. The predicted octanol–water partition coefficient (Wildman–Crippen LogP) is 1.45. The van der Waals surface area contributed by atoms with Crippen LogP contribution >= 0.6 is 0 Å². The van der Waals surface area contributed by atoms with E-state index in [-0.39, 0.29) is 0 Å². The van der Waals surface area contributed by atoms with E-state index in [0.29, 0.717) is 12.8 Å². The maximum atomic E-state index is 12.2. The summed E-state index contributed by atoms with van der Waals surface area (Å²) in [6, 6.07) is -0.792. The third kappa shape index (κ3) is 4.11. The average molecular weight is 287 g/mol. The van der Waals surface area contributed by atoms with Crippen LogP contribution in [-0.4, -0.2) is 47.9 Å². The summed E-state index contributed by atoms with van der Waals surface area (Å²) in [6.45, 7) is 6.40. The minimum absolute atomic E-state index is 0.365. The van der Waals surface area contributed by atoms with Crippen LogP contribution in [0.3, 0.4) is 0 Å². The standard InChI is InChI=1S/C13H21NO6/c1-8(15)19-10-7-6-9(11(16)18-5)14(10)12(17)20-13(2,3)4/h9-10H,6-7H2,1-5H3/t9?,10-/m0/s1. The molecule has 2 atom stereocenters. The number of likely N-dealkylation sites (tertiary alicyclic amines) is 1. The Labute approximate surface area is 118 Å². The normalized spacial score (nSPS) is 22.4. The molecule has 114 valence electrons. The number of methoxy groups -OCH3 is 1. The fraction of sp³-hybridized carbons (Fsp3) is 0.769. The molecular weight excluding hydrogens is 266 g/mol. The maximum Gasteiger partial charge on any atom is 0.413 e. The van der Waals surface area contributed by atoms with Crippen molar-refractivity contribution in [3.05, 3.63) is 0 Å². The molecule has 1 amide bonds. The molecule has 7 heteroatoms. The van der Waals surface area contributed by atoms with Crippen molar-refractivity contribution in [2.24, 2.45) is 0 Å². The maximum absolute atomic E-state index is 12.2. The van der Waals surface area contributed by atoms with Gasteiger partial charge in [-0.05, 0) is 27.2 Å². The highest BCUT2D eigenvalue weighted by Crippen LogP contribution is 2.28. The first kappa shape index (κ1) is 16.3. The van der Waals surface area contributed by atoms with Crippen LogP contribution in [0, 0.1) is 0 Å². The number of hydrogen-bond acceptors (Lipinski definition) is 6. The molecule has 0 aromatic heterocycles. The fourth-order valence-corrected chi connectivity index (χ4v) is 2.01. The molecule has 0 aliphatic carbocycles. The van der Waals surface area contributed by atoms with Gasteiger partial charge >= 0.3 is 18.0 Å². The van der Waals surface area contributed by atoms with E-state index in [1.807, 2.05) is 0 Å². The van der Waals surface area contributed by atoms with Gasteiger partial charge in [0, 0.05) is 13.3 Å². The van der Waals surface area contributed by atoms with E-state index in [2.05, 4.69) is 4.74 Å². The second kappa shape index (κ2) is 6.11. The van der Waals surface area contributed by atoms with Gasteiger partial charge in [-0.1, -0.05) is 0 Å². The lowest BCUT2D eigenvalue weighted by Gasteiger charge is -2.30. The molecule has 0 N–H and O–H groups in total. The number of carbonyl (C=O) groups excluding carboxylic acids is 3. The molecule has 0 aromatic carbocycles. The van der Waals surface area contributed by atoms with Crippen LogP contribution in [0.1, 0.15) is 40.5 Å². The van der Waals surface area contributed by atoms with Crippen LogP contribution in [0.5, 0.6) is 0 Å². The molecule has 1 aliphatic heterocycles. The molecule has 7 nitrogen and oxygen atoms in total. The van der Waals surface area contributed by atoms with E-state index in [4.69, 9.17) is 9.47 Å². The molecule has 0 radical (unpaired) electrons. The fourth-order valence-electron chi connectivity index (χ4n) is 2.01. The summed E-state index contributed by atoms with van der Waals surface area (Å²) < 4.78 is 15.0. The zero-order valence-corrected chi connectivity index (χ0v) is 12.5. The summed E-state index contributed by atoms with van der Waals surface area (Å²) in [5.74, 6) is -1.07. The van der Waals surface area contributed by atoms with Crippen molar-refractivity contribution in [3.63, 3.8) is 0 Å². The van der Waals surface area contributed by atoms with Crippen LogP contribution in [0.15, 0.2) is 0 Å². The Morgan fingerprint density at radius 1 is 1.15 bits per heavy atom. The minimum atomic E-state index is -0.800. The Bertz CT molecular complexity index is 400. The third-order valence-corrected chi connectivity index (χ3v) is 2.71. The molecule has 1 aliphatic rings. The minimum Gasteiger partial charge on any atom is -0.467 e. The number of hydrogen-bond donors (Lipinski definition) is 0. The first-order chi connectivity index (χ1) is 9.15. The van der Waals surface area contributed by atoms with Gasteiger partial charge in [-0.3, -0.25) is 9.69 Å². The smallest absolute Gasteiger partial charge is 0.413 e. The van der Waals surface area contributed by atoms with Gasteiger partial charge in [-0.2, -0.15) is 0 Å². The Hall–Kier alpha value is -1.79. The zero-order chi connectivity index (χ0) is 15.5. The van der Waals surface area contributed by atoms with E-state index < -0.39 is 35.9 Å². The van der Waals surface area contributed by atoms with Crippen molar-refractivity contribution < 1.29 is 28.6 Å². The number of amides is 1. The molecule has 0 bridgehead atoms. The van der Waals surface area contributed by atoms with E-state index in [9.17, 15) is 14.4 Å². The molecular formula is C13H21NO6. The van der Waals surface area contributed by atoms with Crippen molar-refractivity contribution in [2.45, 2.75) is 58.4 Å². The molecule has 1 heterocycles. The Morgan fingerprint density at radius 2 is 1.75 bits per heavy atom. The highest BCUT2D eigenvalue weighted by molar-refractivity contribution is 5.82. The van der Waals surface area contributed by atoms with E-state index in [0.717, 1.165) is 4.90 Å². The lowest BCUT2D eigenvalue weighted by atomic mass is 10.2. The zero-order valence-electron chi connectivity index (χ0n) is 12.5. The largest absolute Gasteiger partial charge is 0.467 e. The van der Waals surface area contributed by atoms with E-state index >= 15 is 0 Å². The SMILES string of the molecule is COC(=O)C1CC[C@H](OC(C)=O)N1C(=O)OC(C)(C)C. The molecule has 20 heavy (non-hydrogen) atoms. The summed E-state index contributed by atoms with van der Waals surface area (Å²) in [6.07, 6.45) is -0.759. The Balaban J connectivity index is 2.92. The van der Waals surface area contributed by atoms with Crippen molar-refractivity contribution in [1.29, 1.82) is 0 Å². The highest BCUT2D eigenvalue weighted by atomic mass is 16.6. The van der Waals surface area contributed by atoms with Gasteiger partial charge in [-0.15, -0.1) is 0 Å². The van der Waals surface area contributed by atoms with Crippen LogP contribution < -0.4 is 0 Å². The topological polar surface area (TPSA) is 82.1 Å². The van der Waals surface area contributed by atoms with E-state index in [1.54, 1.807) is 20.8 Å². The molecule has 0 spiro atoms. The molecule has 1 unspecified atom stereocenters. The van der Waals surface area contributed by atoms with Gasteiger partial charge in [0.2, 0.25) is 0 Å². The van der Waals surface area contributed by atoms with Crippen molar-refractivity contribution >= 4 is 18.0 Å². The van der Waals surface area contributed by atoms with Gasteiger partial charge in [0.05, 0.1) is 7.11 Å². The summed E-state index contributed by atoms with van der Waals surface area (Å²) >= 11 is 0. The molecule has 0 saturated carbocycles. The number of rotatable bonds is 2.